The van der Waals surface area contributed by atoms with Crippen LogP contribution in [-0.4, -0.2) is 5.78 Å². The topological polar surface area (TPSA) is 17.1 Å². The molecule has 2 unspecified atom stereocenters. The number of carbonyl (C=O) groups is 1. The third-order valence-electron chi connectivity index (χ3n) is 4.92. The Kier molecular flexibility index (Phi) is 4.28. The van der Waals surface area contributed by atoms with E-state index in [9.17, 15) is 4.79 Å². The fraction of sp³-hybridized carbons (Fsp3) is 0.136. The molecule has 1 nitrogen and oxygen atoms in total. The molecule has 0 bridgehead atoms. The van der Waals surface area contributed by atoms with Crippen LogP contribution in [0.15, 0.2) is 91.0 Å². The van der Waals surface area contributed by atoms with Gasteiger partial charge in [-0.05, 0) is 11.1 Å². The van der Waals surface area contributed by atoms with Crippen molar-refractivity contribution in [2.24, 2.45) is 5.92 Å². The molecule has 0 radical (unpaired) electrons. The Balaban J connectivity index is 1.69. The van der Waals surface area contributed by atoms with Crippen LogP contribution < -0.4 is 0 Å². The van der Waals surface area contributed by atoms with E-state index in [1.807, 2.05) is 42.5 Å². The summed E-state index contributed by atoms with van der Waals surface area (Å²) in [5, 5.41) is 0. The van der Waals surface area contributed by atoms with Crippen molar-refractivity contribution in [2.45, 2.75) is 11.3 Å². The first-order valence-electron chi connectivity index (χ1n) is 8.39. The van der Waals surface area contributed by atoms with Crippen LogP contribution in [-0.2, 0) is 0 Å². The second-order valence-electron chi connectivity index (χ2n) is 6.32. The van der Waals surface area contributed by atoms with Crippen LogP contribution in [0.1, 0.15) is 32.8 Å². The lowest BCUT2D eigenvalue weighted by atomic mass is 9.84. The van der Waals surface area contributed by atoms with Crippen molar-refractivity contribution in [1.29, 1.82) is 0 Å². The van der Waals surface area contributed by atoms with Crippen LogP contribution >= 0.6 is 8.58 Å². The van der Waals surface area contributed by atoms with E-state index >= 15 is 0 Å². The molecular weight excluding hydrogens is 311 g/mol. The zero-order valence-electron chi connectivity index (χ0n) is 13.4. The normalized spacial score (nSPS) is 23.6. The van der Waals surface area contributed by atoms with Gasteiger partial charge in [0.05, 0.1) is 0 Å². The molecule has 1 aliphatic rings. The maximum Gasteiger partial charge on any atom is 0.174 e. The quantitative estimate of drug-likeness (QED) is 0.462. The number of Topliss-reactive ketones (excluding diaryl/α,β-unsaturated/α-hetero) is 1. The van der Waals surface area contributed by atoms with Crippen molar-refractivity contribution < 1.29 is 4.79 Å². The van der Waals surface area contributed by atoms with Gasteiger partial charge in [-0.15, -0.1) is 0 Å². The van der Waals surface area contributed by atoms with E-state index in [4.69, 9.17) is 0 Å². The van der Waals surface area contributed by atoms with Gasteiger partial charge in [0.1, 0.15) is 17.2 Å². The Bertz CT molecular complexity index is 769. The maximum absolute atomic E-state index is 13.2. The Morgan fingerprint density at radius 2 is 1.04 bits per heavy atom. The average Bonchev–Trinajstić information content (AvgIpc) is 2.63. The highest BCUT2D eigenvalue weighted by Crippen LogP contribution is 2.67. The molecule has 4 rings (SSSR count). The highest BCUT2D eigenvalue weighted by atomic mass is 31.1. The van der Waals surface area contributed by atoms with Gasteiger partial charge < -0.3 is 0 Å². The predicted octanol–water partition coefficient (Wildman–Crippen LogP) is 5.39. The van der Waals surface area contributed by atoms with Gasteiger partial charge in [-0.25, -0.2) is 0 Å². The maximum atomic E-state index is 13.2. The molecule has 1 fully saturated rings. The van der Waals surface area contributed by atoms with E-state index < -0.39 is 0 Å². The summed E-state index contributed by atoms with van der Waals surface area (Å²) in [6.45, 7) is 0. The Morgan fingerprint density at radius 3 is 1.50 bits per heavy atom. The summed E-state index contributed by atoms with van der Waals surface area (Å²) in [6.07, 6.45) is 0. The standard InChI is InChI=1S/C22H19OP/c23-20(16-10-4-1-5-11-16)19-21(17-12-6-2-7-13-17)24-22(19)18-14-8-3-9-15-18/h1-15,19,21-22,24H/p+1. The van der Waals surface area contributed by atoms with Crippen molar-refractivity contribution in [3.05, 3.63) is 108 Å². The van der Waals surface area contributed by atoms with Gasteiger partial charge in [-0.1, -0.05) is 91.0 Å². The van der Waals surface area contributed by atoms with Gasteiger partial charge in [0.25, 0.3) is 0 Å². The average molecular weight is 331 g/mol. The van der Waals surface area contributed by atoms with E-state index in [-0.39, 0.29) is 20.3 Å². The summed E-state index contributed by atoms with van der Waals surface area (Å²) in [6, 6.07) is 30.8. The summed E-state index contributed by atoms with van der Waals surface area (Å²) in [4.78, 5) is 13.2. The Morgan fingerprint density at radius 1 is 0.625 bits per heavy atom. The summed E-state index contributed by atoms with van der Waals surface area (Å²) in [5.41, 5.74) is 4.25. The van der Waals surface area contributed by atoms with Gasteiger partial charge in [-0.2, -0.15) is 0 Å². The molecule has 1 saturated heterocycles. The molecule has 0 N–H and O–H groups in total. The van der Waals surface area contributed by atoms with Gasteiger partial charge in [0.2, 0.25) is 0 Å². The predicted molar refractivity (Wildman–Crippen MR) is 102 cm³/mol. The van der Waals surface area contributed by atoms with Gasteiger partial charge in [-0.3, -0.25) is 4.79 Å². The lowest BCUT2D eigenvalue weighted by molar-refractivity contribution is 0.0899. The van der Waals surface area contributed by atoms with Crippen LogP contribution in [0.3, 0.4) is 0 Å². The highest BCUT2D eigenvalue weighted by molar-refractivity contribution is 7.41. The van der Waals surface area contributed by atoms with Crippen LogP contribution in [0.4, 0.5) is 0 Å². The molecule has 0 aromatic heterocycles. The summed E-state index contributed by atoms with van der Waals surface area (Å²) in [5.74, 6) is 0.351. The largest absolute Gasteiger partial charge is 0.294 e. The van der Waals surface area contributed by atoms with Crippen LogP contribution in [0, 0.1) is 5.92 Å². The minimum absolute atomic E-state index is 0.0622. The first kappa shape index (κ1) is 15.3. The van der Waals surface area contributed by atoms with E-state index in [0.717, 1.165) is 5.56 Å². The van der Waals surface area contributed by atoms with Crippen molar-refractivity contribution in [1.82, 2.24) is 0 Å². The molecule has 24 heavy (non-hydrogen) atoms. The summed E-state index contributed by atoms with van der Waals surface area (Å²) < 4.78 is 0. The fourth-order valence-electron chi connectivity index (χ4n) is 3.65. The zero-order chi connectivity index (χ0) is 16.4. The number of hydrogen-bond acceptors (Lipinski definition) is 1. The minimum Gasteiger partial charge on any atom is -0.294 e. The summed E-state index contributed by atoms with van der Waals surface area (Å²) >= 11 is 0. The van der Waals surface area contributed by atoms with Crippen LogP contribution in [0.25, 0.3) is 0 Å². The monoisotopic (exact) mass is 331 g/mol. The molecule has 2 atom stereocenters. The molecule has 0 saturated carbocycles. The number of ketones is 1. The van der Waals surface area contributed by atoms with E-state index in [0.29, 0.717) is 11.3 Å². The molecule has 118 valence electrons. The molecular formula is C22H20OP+. The highest BCUT2D eigenvalue weighted by Gasteiger charge is 2.53. The second kappa shape index (κ2) is 6.71. The zero-order valence-corrected chi connectivity index (χ0v) is 14.5. The third kappa shape index (κ3) is 2.81. The van der Waals surface area contributed by atoms with E-state index in [2.05, 4.69) is 48.5 Å². The molecule has 1 aliphatic heterocycles. The molecule has 0 spiro atoms. The van der Waals surface area contributed by atoms with Crippen molar-refractivity contribution in [2.75, 3.05) is 0 Å². The first-order chi connectivity index (χ1) is 11.8. The first-order valence-corrected chi connectivity index (χ1v) is 9.72. The summed E-state index contributed by atoms with van der Waals surface area (Å²) in [7, 11) is 0.188. The van der Waals surface area contributed by atoms with Crippen molar-refractivity contribution >= 4 is 14.4 Å². The molecule has 0 amide bonds. The number of rotatable bonds is 4. The fourth-order valence-corrected chi connectivity index (χ4v) is 5.87. The van der Waals surface area contributed by atoms with E-state index in [1.54, 1.807) is 0 Å². The molecule has 2 heteroatoms. The lowest BCUT2D eigenvalue weighted by Gasteiger charge is -2.38. The number of hydrogen-bond donors (Lipinski definition) is 0. The van der Waals surface area contributed by atoms with Gasteiger partial charge >= 0.3 is 0 Å². The third-order valence-corrected chi connectivity index (χ3v) is 7.35. The smallest absolute Gasteiger partial charge is 0.174 e. The Labute approximate surface area is 144 Å². The van der Waals surface area contributed by atoms with E-state index in [1.165, 1.54) is 11.1 Å². The minimum atomic E-state index is 0.0622. The molecule has 3 aromatic rings. The van der Waals surface area contributed by atoms with Crippen molar-refractivity contribution in [3.8, 4) is 0 Å². The molecule has 1 heterocycles. The van der Waals surface area contributed by atoms with Gasteiger partial charge in [0.15, 0.2) is 5.78 Å². The lowest BCUT2D eigenvalue weighted by Crippen LogP contribution is -2.33. The number of benzene rings is 3. The van der Waals surface area contributed by atoms with Gasteiger partial charge in [0, 0.05) is 14.1 Å². The SMILES string of the molecule is O=C(c1ccccc1)C1C(c2ccccc2)[PH2+]C1c1ccccc1. The Hall–Kier alpha value is -2.24. The molecule has 3 aromatic carbocycles. The second-order valence-corrected chi connectivity index (χ2v) is 8.14. The number of carbonyl (C=O) groups excluding carboxylic acids is 1. The molecule has 0 aliphatic carbocycles. The van der Waals surface area contributed by atoms with Crippen LogP contribution in [0.2, 0.25) is 0 Å². The van der Waals surface area contributed by atoms with Crippen molar-refractivity contribution in [3.63, 3.8) is 0 Å². The van der Waals surface area contributed by atoms with Crippen LogP contribution in [0.5, 0.6) is 0 Å².